The molecule has 0 aliphatic heterocycles. The van der Waals surface area contributed by atoms with Crippen molar-refractivity contribution >= 4 is 17.8 Å². The van der Waals surface area contributed by atoms with Crippen LogP contribution in [0.15, 0.2) is 72.8 Å². The first-order chi connectivity index (χ1) is 17.0. The Hall–Kier alpha value is -4.21. The summed E-state index contributed by atoms with van der Waals surface area (Å²) in [5.41, 5.74) is 0.555. The number of alkyl halides is 3. The second kappa shape index (κ2) is 11.5. The number of carboxylic acid groups (broad SMARTS) is 1. The lowest BCUT2D eigenvalue weighted by Gasteiger charge is -2.18. The highest BCUT2D eigenvalue weighted by molar-refractivity contribution is 5.98. The molecule has 0 radical (unpaired) electrons. The standard InChI is InChI=1S/C26H22F4N2O4/c27-21-11-6-16(14-20(21)26(28,29)30)15-31-25(36)22(12-13-23(33)34)32-24(35)19-9-7-18(8-10-19)17-4-2-1-3-5-17/h1-11,14,22H,12-13,15H2,(H,31,36)(H,32,35)(H,33,34)/t22-/m0/s1. The Morgan fingerprint density at radius 1 is 0.889 bits per heavy atom. The van der Waals surface area contributed by atoms with E-state index in [0.717, 1.165) is 17.2 Å². The first-order valence-electron chi connectivity index (χ1n) is 10.9. The average Bonchev–Trinajstić information content (AvgIpc) is 2.85. The highest BCUT2D eigenvalue weighted by atomic mass is 19.4. The lowest BCUT2D eigenvalue weighted by molar-refractivity contribution is -0.140. The Bertz CT molecular complexity index is 1230. The molecule has 0 spiro atoms. The van der Waals surface area contributed by atoms with Crippen molar-refractivity contribution in [2.45, 2.75) is 31.6 Å². The van der Waals surface area contributed by atoms with Crippen molar-refractivity contribution in [1.29, 1.82) is 0 Å². The van der Waals surface area contributed by atoms with Gasteiger partial charge < -0.3 is 15.7 Å². The summed E-state index contributed by atoms with van der Waals surface area (Å²) in [4.78, 5) is 36.4. The molecule has 6 nitrogen and oxygen atoms in total. The van der Waals surface area contributed by atoms with Crippen LogP contribution < -0.4 is 10.6 Å². The summed E-state index contributed by atoms with van der Waals surface area (Å²) in [5.74, 6) is -4.05. The maximum Gasteiger partial charge on any atom is 0.419 e. The number of carboxylic acids is 1. The zero-order chi connectivity index (χ0) is 26.3. The summed E-state index contributed by atoms with van der Waals surface area (Å²) in [7, 11) is 0. The van der Waals surface area contributed by atoms with Gasteiger partial charge in [0, 0.05) is 18.5 Å². The molecule has 3 aromatic rings. The molecule has 2 amide bonds. The molecule has 0 aromatic heterocycles. The van der Waals surface area contributed by atoms with Crippen LogP contribution in [-0.4, -0.2) is 28.9 Å². The molecule has 0 fully saturated rings. The highest BCUT2D eigenvalue weighted by Gasteiger charge is 2.34. The van der Waals surface area contributed by atoms with Gasteiger partial charge in [-0.25, -0.2) is 4.39 Å². The van der Waals surface area contributed by atoms with Crippen molar-refractivity contribution < 1.29 is 37.1 Å². The lowest BCUT2D eigenvalue weighted by atomic mass is 10.0. The van der Waals surface area contributed by atoms with E-state index in [0.29, 0.717) is 12.1 Å². The maximum absolute atomic E-state index is 13.5. The van der Waals surface area contributed by atoms with E-state index in [1.807, 2.05) is 30.3 Å². The van der Waals surface area contributed by atoms with Crippen molar-refractivity contribution in [3.8, 4) is 11.1 Å². The minimum atomic E-state index is -4.90. The number of hydrogen-bond donors (Lipinski definition) is 3. The number of nitrogens with one attached hydrogen (secondary N) is 2. The number of carbonyl (C=O) groups excluding carboxylic acids is 2. The predicted octanol–water partition coefficient (Wildman–Crippen LogP) is 4.79. The van der Waals surface area contributed by atoms with Gasteiger partial charge in [-0.15, -0.1) is 0 Å². The molecular formula is C26H22F4N2O4. The van der Waals surface area contributed by atoms with Gasteiger partial charge in [-0.1, -0.05) is 48.5 Å². The van der Waals surface area contributed by atoms with E-state index >= 15 is 0 Å². The Morgan fingerprint density at radius 2 is 1.53 bits per heavy atom. The molecule has 0 heterocycles. The number of benzene rings is 3. The van der Waals surface area contributed by atoms with E-state index in [2.05, 4.69) is 10.6 Å². The van der Waals surface area contributed by atoms with Crippen LogP contribution in [0.3, 0.4) is 0 Å². The van der Waals surface area contributed by atoms with Crippen molar-refractivity contribution in [2.75, 3.05) is 0 Å². The molecule has 1 atom stereocenters. The minimum Gasteiger partial charge on any atom is -0.481 e. The van der Waals surface area contributed by atoms with Crippen molar-refractivity contribution in [1.82, 2.24) is 10.6 Å². The minimum absolute atomic E-state index is 0.0168. The van der Waals surface area contributed by atoms with Crippen LogP contribution in [0.2, 0.25) is 0 Å². The number of amides is 2. The summed E-state index contributed by atoms with van der Waals surface area (Å²) in [5, 5.41) is 13.8. The van der Waals surface area contributed by atoms with E-state index < -0.39 is 47.8 Å². The largest absolute Gasteiger partial charge is 0.481 e. The van der Waals surface area contributed by atoms with Gasteiger partial charge >= 0.3 is 12.1 Å². The smallest absolute Gasteiger partial charge is 0.419 e. The molecule has 0 saturated heterocycles. The molecule has 36 heavy (non-hydrogen) atoms. The lowest BCUT2D eigenvalue weighted by Crippen LogP contribution is -2.46. The van der Waals surface area contributed by atoms with Gasteiger partial charge in [0.05, 0.1) is 5.56 Å². The van der Waals surface area contributed by atoms with Gasteiger partial charge in [0.25, 0.3) is 5.91 Å². The molecule has 0 bridgehead atoms. The van der Waals surface area contributed by atoms with Gasteiger partial charge in [-0.3, -0.25) is 14.4 Å². The van der Waals surface area contributed by atoms with Crippen LogP contribution >= 0.6 is 0 Å². The second-order valence-corrected chi connectivity index (χ2v) is 7.93. The summed E-state index contributed by atoms with van der Waals surface area (Å²) in [6.07, 6.45) is -5.58. The third-order valence-electron chi connectivity index (χ3n) is 5.33. The molecule has 188 valence electrons. The highest BCUT2D eigenvalue weighted by Crippen LogP contribution is 2.31. The van der Waals surface area contributed by atoms with Crippen molar-refractivity contribution in [3.05, 3.63) is 95.3 Å². The maximum atomic E-state index is 13.5. The zero-order valence-electron chi connectivity index (χ0n) is 18.8. The van der Waals surface area contributed by atoms with E-state index in [-0.39, 0.29) is 24.1 Å². The molecule has 0 unspecified atom stereocenters. The Morgan fingerprint density at radius 3 is 2.14 bits per heavy atom. The number of halogens is 4. The Balaban J connectivity index is 1.69. The van der Waals surface area contributed by atoms with Crippen LogP contribution in [0.5, 0.6) is 0 Å². The zero-order valence-corrected chi connectivity index (χ0v) is 18.8. The quantitative estimate of drug-likeness (QED) is 0.367. The molecular weight excluding hydrogens is 480 g/mol. The fourth-order valence-electron chi connectivity index (χ4n) is 3.43. The first kappa shape index (κ1) is 26.4. The van der Waals surface area contributed by atoms with E-state index in [4.69, 9.17) is 5.11 Å². The molecule has 3 aromatic carbocycles. The van der Waals surface area contributed by atoms with Crippen LogP contribution in [0.4, 0.5) is 17.6 Å². The van der Waals surface area contributed by atoms with E-state index in [1.165, 1.54) is 0 Å². The second-order valence-electron chi connectivity index (χ2n) is 7.93. The molecule has 10 heteroatoms. The fraction of sp³-hybridized carbons (Fsp3) is 0.192. The van der Waals surface area contributed by atoms with Crippen LogP contribution in [0.1, 0.15) is 34.3 Å². The topological polar surface area (TPSA) is 95.5 Å². The van der Waals surface area contributed by atoms with Crippen molar-refractivity contribution in [2.24, 2.45) is 0 Å². The SMILES string of the molecule is O=C(O)CC[C@H](NC(=O)c1ccc(-c2ccccc2)cc1)C(=O)NCc1ccc(F)c(C(F)(F)F)c1. The summed E-state index contributed by atoms with van der Waals surface area (Å²) >= 11 is 0. The fourth-order valence-corrected chi connectivity index (χ4v) is 3.43. The van der Waals surface area contributed by atoms with E-state index in [1.54, 1.807) is 24.3 Å². The van der Waals surface area contributed by atoms with Gasteiger partial charge in [-0.05, 0) is 47.4 Å². The summed E-state index contributed by atoms with van der Waals surface area (Å²) < 4.78 is 52.3. The van der Waals surface area contributed by atoms with Crippen molar-refractivity contribution in [3.63, 3.8) is 0 Å². The number of carbonyl (C=O) groups is 3. The van der Waals surface area contributed by atoms with Gasteiger partial charge in [0.1, 0.15) is 11.9 Å². The Kier molecular flexibility index (Phi) is 8.42. The monoisotopic (exact) mass is 502 g/mol. The van der Waals surface area contributed by atoms with Crippen LogP contribution in [-0.2, 0) is 22.3 Å². The normalized spacial score (nSPS) is 12.0. The number of rotatable bonds is 9. The first-order valence-corrected chi connectivity index (χ1v) is 10.9. The summed E-state index contributed by atoms with van der Waals surface area (Å²) in [6.45, 7) is -0.382. The average molecular weight is 502 g/mol. The van der Waals surface area contributed by atoms with Gasteiger partial charge in [0.2, 0.25) is 5.91 Å². The van der Waals surface area contributed by atoms with Crippen LogP contribution in [0, 0.1) is 5.82 Å². The summed E-state index contributed by atoms with van der Waals surface area (Å²) in [6, 6.07) is 17.0. The molecule has 3 rings (SSSR count). The molecule has 0 aliphatic carbocycles. The third kappa shape index (κ3) is 7.14. The van der Waals surface area contributed by atoms with Crippen LogP contribution in [0.25, 0.3) is 11.1 Å². The Labute approximate surface area is 204 Å². The number of hydrogen-bond acceptors (Lipinski definition) is 3. The molecule has 3 N–H and O–H groups in total. The molecule has 0 aliphatic rings. The predicted molar refractivity (Wildman–Crippen MR) is 123 cm³/mol. The molecule has 0 saturated carbocycles. The van der Waals surface area contributed by atoms with E-state index in [9.17, 15) is 31.9 Å². The number of aliphatic carboxylic acids is 1. The van der Waals surface area contributed by atoms with Gasteiger partial charge in [-0.2, -0.15) is 13.2 Å². The third-order valence-corrected chi connectivity index (χ3v) is 5.33. The van der Waals surface area contributed by atoms with Gasteiger partial charge in [0.15, 0.2) is 0 Å².